The van der Waals surface area contributed by atoms with E-state index < -0.39 is 0 Å². The maximum atomic E-state index is 13.0. The Morgan fingerprint density at radius 3 is 2.96 bits per heavy atom. The van der Waals surface area contributed by atoms with Crippen molar-refractivity contribution in [3.8, 4) is 5.75 Å². The number of anilines is 1. The van der Waals surface area contributed by atoms with Gasteiger partial charge in [-0.3, -0.25) is 9.59 Å². The number of benzene rings is 1. The summed E-state index contributed by atoms with van der Waals surface area (Å²) in [5.41, 5.74) is 0.426. The number of thiazole rings is 1. The molecule has 26 heavy (non-hydrogen) atoms. The van der Waals surface area contributed by atoms with Crippen LogP contribution in [-0.4, -0.2) is 54.6 Å². The molecular weight excluding hydrogens is 354 g/mol. The van der Waals surface area contributed by atoms with E-state index in [9.17, 15) is 9.59 Å². The number of carbonyl (C=O) groups is 2. The van der Waals surface area contributed by atoms with E-state index in [1.54, 1.807) is 35.8 Å². The molecule has 0 aliphatic carbocycles. The van der Waals surface area contributed by atoms with Crippen LogP contribution >= 0.6 is 11.3 Å². The smallest absolute Gasteiger partial charge is 0.258 e. The second kappa shape index (κ2) is 8.77. The molecule has 0 spiro atoms. The zero-order valence-corrected chi connectivity index (χ0v) is 15.3. The van der Waals surface area contributed by atoms with Gasteiger partial charge in [0.25, 0.3) is 5.91 Å². The Balaban J connectivity index is 1.75. The topological polar surface area (TPSA) is 80.8 Å². The van der Waals surface area contributed by atoms with E-state index in [4.69, 9.17) is 9.47 Å². The first kappa shape index (κ1) is 18.3. The minimum Gasteiger partial charge on any atom is -0.496 e. The molecule has 0 unspecified atom stereocenters. The minimum atomic E-state index is -0.291. The molecule has 138 valence electrons. The molecule has 2 heterocycles. The fourth-order valence-corrected chi connectivity index (χ4v) is 3.41. The summed E-state index contributed by atoms with van der Waals surface area (Å²) in [4.78, 5) is 31.0. The van der Waals surface area contributed by atoms with Crippen molar-refractivity contribution < 1.29 is 19.1 Å². The number of hydrogen-bond acceptors (Lipinski definition) is 6. The number of amides is 2. The summed E-state index contributed by atoms with van der Waals surface area (Å²) in [5, 5.41) is 5.00. The van der Waals surface area contributed by atoms with Gasteiger partial charge < -0.3 is 19.7 Å². The highest BCUT2D eigenvalue weighted by molar-refractivity contribution is 7.13. The Labute approximate surface area is 155 Å². The third kappa shape index (κ3) is 4.59. The summed E-state index contributed by atoms with van der Waals surface area (Å²) in [6, 6.07) is 7.00. The van der Waals surface area contributed by atoms with Crippen LogP contribution in [0.25, 0.3) is 0 Å². The molecule has 1 aliphatic heterocycles. The van der Waals surface area contributed by atoms with E-state index >= 15 is 0 Å². The van der Waals surface area contributed by atoms with Gasteiger partial charge in [0.2, 0.25) is 5.91 Å². The molecule has 0 bridgehead atoms. The van der Waals surface area contributed by atoms with Crippen molar-refractivity contribution in [1.82, 2.24) is 9.88 Å². The molecule has 0 radical (unpaired) electrons. The van der Waals surface area contributed by atoms with E-state index in [-0.39, 0.29) is 24.5 Å². The fraction of sp³-hybridized carbons (Fsp3) is 0.389. The van der Waals surface area contributed by atoms with Gasteiger partial charge in [0.05, 0.1) is 18.8 Å². The summed E-state index contributed by atoms with van der Waals surface area (Å²) in [5.74, 6) is -0.0661. The highest BCUT2D eigenvalue weighted by Crippen LogP contribution is 2.21. The molecule has 0 saturated carbocycles. The van der Waals surface area contributed by atoms with E-state index in [1.165, 1.54) is 23.3 Å². The van der Waals surface area contributed by atoms with Crippen LogP contribution < -0.4 is 10.1 Å². The average molecular weight is 375 g/mol. The summed E-state index contributed by atoms with van der Waals surface area (Å²) in [6.45, 7) is 0.977. The van der Waals surface area contributed by atoms with E-state index in [0.717, 1.165) is 12.8 Å². The lowest BCUT2D eigenvalue weighted by molar-refractivity contribution is -0.117. The quantitative estimate of drug-likeness (QED) is 0.804. The van der Waals surface area contributed by atoms with Crippen molar-refractivity contribution >= 4 is 28.3 Å². The van der Waals surface area contributed by atoms with E-state index in [1.807, 2.05) is 0 Å². The van der Waals surface area contributed by atoms with Crippen LogP contribution in [0.2, 0.25) is 0 Å². The van der Waals surface area contributed by atoms with E-state index in [0.29, 0.717) is 29.6 Å². The Kier molecular flexibility index (Phi) is 6.19. The fourth-order valence-electron chi connectivity index (χ4n) is 2.86. The number of methoxy groups -OCH3 is 1. The third-order valence-electron chi connectivity index (χ3n) is 4.09. The van der Waals surface area contributed by atoms with Crippen molar-refractivity contribution in [3.05, 3.63) is 41.4 Å². The SMILES string of the molecule is COc1ccccc1C(=O)N(CC(=O)Nc1nccs1)C[C@H]1CCCO1. The van der Waals surface area contributed by atoms with Crippen LogP contribution in [-0.2, 0) is 9.53 Å². The summed E-state index contributed by atoms with van der Waals surface area (Å²) in [6.07, 6.45) is 3.40. The van der Waals surface area contributed by atoms with Gasteiger partial charge in [0.1, 0.15) is 12.3 Å². The summed E-state index contributed by atoms with van der Waals surface area (Å²) < 4.78 is 10.9. The molecule has 1 aromatic heterocycles. The number of rotatable bonds is 7. The Hall–Kier alpha value is -2.45. The first-order chi connectivity index (χ1) is 12.7. The van der Waals surface area contributed by atoms with Crippen LogP contribution in [0.5, 0.6) is 5.75 Å². The number of carbonyl (C=O) groups excluding carboxylic acids is 2. The van der Waals surface area contributed by atoms with Gasteiger partial charge in [0.15, 0.2) is 5.13 Å². The second-order valence-electron chi connectivity index (χ2n) is 5.91. The van der Waals surface area contributed by atoms with Gasteiger partial charge in [-0.2, -0.15) is 0 Å². The lowest BCUT2D eigenvalue weighted by Crippen LogP contribution is -2.42. The van der Waals surface area contributed by atoms with Gasteiger partial charge in [0, 0.05) is 24.7 Å². The first-order valence-electron chi connectivity index (χ1n) is 8.40. The number of aromatic nitrogens is 1. The molecule has 8 heteroatoms. The Bertz CT molecular complexity index is 745. The van der Waals surface area contributed by atoms with Gasteiger partial charge in [-0.1, -0.05) is 12.1 Å². The van der Waals surface area contributed by atoms with Crippen molar-refractivity contribution in [3.63, 3.8) is 0 Å². The molecular formula is C18H21N3O4S. The molecule has 1 saturated heterocycles. The molecule has 1 N–H and O–H groups in total. The highest BCUT2D eigenvalue weighted by Gasteiger charge is 2.27. The van der Waals surface area contributed by atoms with Crippen molar-refractivity contribution in [2.45, 2.75) is 18.9 Å². The number of para-hydroxylation sites is 1. The molecule has 3 rings (SSSR count). The number of ether oxygens (including phenoxy) is 2. The minimum absolute atomic E-state index is 0.0543. The Morgan fingerprint density at radius 2 is 2.27 bits per heavy atom. The maximum absolute atomic E-state index is 13.0. The molecule has 1 aliphatic rings. The predicted octanol–water partition coefficient (Wildman–Crippen LogP) is 2.41. The zero-order valence-electron chi connectivity index (χ0n) is 14.5. The second-order valence-corrected chi connectivity index (χ2v) is 6.80. The van der Waals surface area contributed by atoms with Gasteiger partial charge >= 0.3 is 0 Å². The highest BCUT2D eigenvalue weighted by atomic mass is 32.1. The lowest BCUT2D eigenvalue weighted by atomic mass is 10.1. The number of nitrogens with zero attached hydrogens (tertiary/aromatic N) is 2. The summed E-state index contributed by atoms with van der Waals surface area (Å²) >= 11 is 1.33. The monoisotopic (exact) mass is 375 g/mol. The van der Waals surface area contributed by atoms with Crippen molar-refractivity contribution in [2.24, 2.45) is 0 Å². The maximum Gasteiger partial charge on any atom is 0.258 e. The largest absolute Gasteiger partial charge is 0.496 e. The van der Waals surface area contributed by atoms with Crippen LogP contribution in [0.15, 0.2) is 35.8 Å². The Morgan fingerprint density at radius 1 is 1.42 bits per heavy atom. The van der Waals surface area contributed by atoms with Gasteiger partial charge in [-0.15, -0.1) is 11.3 Å². The molecule has 7 nitrogen and oxygen atoms in total. The van der Waals surface area contributed by atoms with Gasteiger partial charge in [-0.05, 0) is 25.0 Å². The molecule has 1 aromatic carbocycles. The van der Waals surface area contributed by atoms with Crippen LogP contribution in [0.3, 0.4) is 0 Å². The molecule has 1 atom stereocenters. The normalized spacial score (nSPS) is 16.3. The third-order valence-corrected chi connectivity index (χ3v) is 4.77. The lowest BCUT2D eigenvalue weighted by Gasteiger charge is -2.25. The number of nitrogens with one attached hydrogen (secondary N) is 1. The molecule has 2 aromatic rings. The number of hydrogen-bond donors (Lipinski definition) is 1. The van der Waals surface area contributed by atoms with Gasteiger partial charge in [-0.25, -0.2) is 4.98 Å². The van der Waals surface area contributed by atoms with Crippen LogP contribution in [0.1, 0.15) is 23.2 Å². The van der Waals surface area contributed by atoms with Crippen LogP contribution in [0.4, 0.5) is 5.13 Å². The predicted molar refractivity (Wildman–Crippen MR) is 98.6 cm³/mol. The average Bonchev–Trinajstić information content (AvgIpc) is 3.34. The summed E-state index contributed by atoms with van der Waals surface area (Å²) in [7, 11) is 1.52. The van der Waals surface area contributed by atoms with Crippen molar-refractivity contribution in [1.29, 1.82) is 0 Å². The molecule has 2 amide bonds. The standard InChI is InChI=1S/C18H21N3O4S/c1-24-15-7-3-2-6-14(15)17(23)21(11-13-5-4-9-25-13)12-16(22)20-18-19-8-10-26-18/h2-3,6-8,10,13H,4-5,9,11-12H2,1H3,(H,19,20,22)/t13-/m1/s1. The van der Waals surface area contributed by atoms with E-state index in [2.05, 4.69) is 10.3 Å². The van der Waals surface area contributed by atoms with Crippen molar-refractivity contribution in [2.75, 3.05) is 32.1 Å². The zero-order chi connectivity index (χ0) is 18.4. The first-order valence-corrected chi connectivity index (χ1v) is 9.28. The van der Waals surface area contributed by atoms with Crippen LogP contribution in [0, 0.1) is 0 Å². The molecule has 1 fully saturated rings.